The fourth-order valence-electron chi connectivity index (χ4n) is 1.23. The van der Waals surface area contributed by atoms with Gasteiger partial charge in [-0.25, -0.2) is 5.48 Å². The van der Waals surface area contributed by atoms with Crippen molar-refractivity contribution >= 4 is 13.5 Å². The first-order valence-electron chi connectivity index (χ1n) is 5.11. The first-order valence-corrected chi connectivity index (χ1v) is 6.68. The Morgan fingerprint density at radius 2 is 2.35 bits per heavy atom. The smallest absolute Gasteiger partial charge is 0.320 e. The Morgan fingerprint density at radius 3 is 2.82 bits per heavy atom. The molecule has 6 heteroatoms. The molecule has 2 N–H and O–H groups in total. The Hall–Kier alpha value is -1.16. The number of allylic oxidation sites excluding steroid dienone is 4. The van der Waals surface area contributed by atoms with Gasteiger partial charge in [-0.2, -0.15) is 4.62 Å². The Bertz CT molecular complexity index is 437. The van der Waals surface area contributed by atoms with Crippen LogP contribution in [0.1, 0.15) is 20.3 Å². The van der Waals surface area contributed by atoms with Gasteiger partial charge in [0.2, 0.25) is 0 Å². The molecule has 0 aromatic rings. The molecule has 17 heavy (non-hydrogen) atoms. The van der Waals surface area contributed by atoms with Crippen LogP contribution in [0.15, 0.2) is 36.2 Å². The second-order valence-electron chi connectivity index (χ2n) is 4.44. The molecule has 0 aromatic carbocycles. The molecule has 5 nitrogen and oxygen atoms in total. The van der Waals surface area contributed by atoms with Gasteiger partial charge in [-0.15, -0.1) is 0 Å². The van der Waals surface area contributed by atoms with E-state index in [0.717, 1.165) is 6.08 Å². The number of hydrogen-bond donors (Lipinski definition) is 2. The summed E-state index contributed by atoms with van der Waals surface area (Å²) in [6.07, 6.45) is 6.62. The normalized spacial score (nSPS) is 21.2. The third-order valence-corrected chi connectivity index (χ3v) is 3.65. The van der Waals surface area contributed by atoms with Crippen LogP contribution in [-0.2, 0) is 14.0 Å². The summed E-state index contributed by atoms with van der Waals surface area (Å²) in [6.45, 7) is 7.23. The number of carbonyl (C=O) groups is 1. The van der Waals surface area contributed by atoms with Gasteiger partial charge in [-0.05, 0) is 17.9 Å². The second-order valence-corrected chi connectivity index (χ2v) is 6.18. The van der Waals surface area contributed by atoms with Crippen molar-refractivity contribution in [3.8, 4) is 0 Å². The van der Waals surface area contributed by atoms with Gasteiger partial charge >= 0.3 is 7.60 Å². The van der Waals surface area contributed by atoms with Crippen LogP contribution in [0.25, 0.3) is 0 Å². The van der Waals surface area contributed by atoms with Crippen molar-refractivity contribution in [1.29, 1.82) is 0 Å². The van der Waals surface area contributed by atoms with E-state index in [-0.39, 0.29) is 10.7 Å². The highest BCUT2D eigenvalue weighted by Crippen LogP contribution is 2.52. The Labute approximate surface area is 100 Å². The number of amides is 1. The lowest BCUT2D eigenvalue weighted by molar-refractivity contribution is -0.123. The molecular weight excluding hydrogens is 241 g/mol. The summed E-state index contributed by atoms with van der Waals surface area (Å²) in [5, 5.41) is 0.182. The molecule has 1 rings (SSSR count). The molecule has 0 fully saturated rings. The monoisotopic (exact) mass is 257 g/mol. The summed E-state index contributed by atoms with van der Waals surface area (Å²) in [5.41, 5.74) is 1.81. The maximum absolute atomic E-state index is 11.8. The molecule has 1 atom stereocenters. The number of hydroxylamine groups is 1. The second kappa shape index (κ2) is 5.00. The largest absolute Gasteiger partial charge is 0.379 e. The molecule has 0 aromatic heterocycles. The minimum absolute atomic E-state index is 0.0339. The van der Waals surface area contributed by atoms with Gasteiger partial charge in [0.25, 0.3) is 5.91 Å². The maximum Gasteiger partial charge on any atom is 0.379 e. The van der Waals surface area contributed by atoms with Gasteiger partial charge < -0.3 is 4.89 Å². The Morgan fingerprint density at radius 1 is 1.71 bits per heavy atom. The fourth-order valence-corrected chi connectivity index (χ4v) is 2.13. The molecule has 0 saturated carbocycles. The lowest BCUT2D eigenvalue weighted by Crippen LogP contribution is -2.20. The highest BCUT2D eigenvalue weighted by molar-refractivity contribution is 7.57. The van der Waals surface area contributed by atoms with Crippen LogP contribution in [0.3, 0.4) is 0 Å². The van der Waals surface area contributed by atoms with E-state index in [1.165, 1.54) is 0 Å². The van der Waals surface area contributed by atoms with E-state index in [4.69, 9.17) is 0 Å². The van der Waals surface area contributed by atoms with Crippen molar-refractivity contribution in [3.63, 3.8) is 0 Å². The number of nitrogens with one attached hydrogen (secondary N) is 1. The van der Waals surface area contributed by atoms with Gasteiger partial charge in [0.15, 0.2) is 0 Å². The van der Waals surface area contributed by atoms with E-state index < -0.39 is 13.5 Å². The molecular formula is C11H16NO4P. The third-order valence-electron chi connectivity index (χ3n) is 2.32. The minimum atomic E-state index is -4.00. The van der Waals surface area contributed by atoms with Crippen molar-refractivity contribution < 1.29 is 18.9 Å². The Kier molecular flexibility index (Phi) is 4.09. The SMILES string of the molecule is C=CC(=O)NOP(=O)(O)C1=CCC(C)(C)C=C1. The predicted molar refractivity (Wildman–Crippen MR) is 64.9 cm³/mol. The van der Waals surface area contributed by atoms with Gasteiger partial charge in [0.1, 0.15) is 0 Å². The molecule has 0 bridgehead atoms. The number of rotatable bonds is 4. The van der Waals surface area contributed by atoms with Crippen molar-refractivity contribution in [2.24, 2.45) is 5.41 Å². The third kappa shape index (κ3) is 3.97. The maximum atomic E-state index is 11.8. The molecule has 1 aliphatic rings. The van der Waals surface area contributed by atoms with E-state index in [2.05, 4.69) is 11.2 Å². The van der Waals surface area contributed by atoms with Gasteiger partial charge in [-0.1, -0.05) is 38.7 Å². The van der Waals surface area contributed by atoms with Crippen LogP contribution in [0.5, 0.6) is 0 Å². The van der Waals surface area contributed by atoms with Crippen molar-refractivity contribution in [1.82, 2.24) is 5.48 Å². The molecule has 94 valence electrons. The number of hydrogen-bond acceptors (Lipinski definition) is 3. The molecule has 1 aliphatic carbocycles. The average Bonchev–Trinajstić information content (AvgIpc) is 2.25. The highest BCUT2D eigenvalue weighted by atomic mass is 31.2. The van der Waals surface area contributed by atoms with Crippen LogP contribution >= 0.6 is 7.60 Å². The summed E-state index contributed by atoms with van der Waals surface area (Å²) < 4.78 is 16.3. The summed E-state index contributed by atoms with van der Waals surface area (Å²) in [6, 6.07) is 0. The summed E-state index contributed by atoms with van der Waals surface area (Å²) >= 11 is 0. The molecule has 1 amide bonds. The standard InChI is InChI=1S/C11H16NO4P/c1-4-10(13)12-16-17(14,15)9-5-7-11(2,3)8-6-9/h4-7H,1,8H2,2-3H3,(H,12,13)(H,14,15). The summed E-state index contributed by atoms with van der Waals surface area (Å²) in [5.74, 6) is -0.667. The van der Waals surface area contributed by atoms with Crippen molar-refractivity contribution in [2.75, 3.05) is 0 Å². The lowest BCUT2D eigenvalue weighted by atomic mass is 9.86. The zero-order valence-electron chi connectivity index (χ0n) is 9.84. The van der Waals surface area contributed by atoms with Crippen LogP contribution in [-0.4, -0.2) is 10.8 Å². The van der Waals surface area contributed by atoms with E-state index in [1.54, 1.807) is 12.2 Å². The van der Waals surface area contributed by atoms with Gasteiger partial charge in [0.05, 0.1) is 5.31 Å². The zero-order chi connectivity index (χ0) is 13.1. The van der Waals surface area contributed by atoms with Gasteiger partial charge in [0, 0.05) is 0 Å². The van der Waals surface area contributed by atoms with E-state index in [9.17, 15) is 14.3 Å². The molecule has 1 unspecified atom stereocenters. The summed E-state index contributed by atoms with van der Waals surface area (Å²) in [7, 11) is -4.00. The van der Waals surface area contributed by atoms with Crippen molar-refractivity contribution in [3.05, 3.63) is 36.2 Å². The molecule has 0 spiro atoms. The fraction of sp³-hybridized carbons (Fsp3) is 0.364. The minimum Gasteiger partial charge on any atom is -0.320 e. The summed E-state index contributed by atoms with van der Waals surface area (Å²) in [4.78, 5) is 20.4. The van der Waals surface area contributed by atoms with Crippen LogP contribution in [0, 0.1) is 5.41 Å². The van der Waals surface area contributed by atoms with Crippen LogP contribution in [0.4, 0.5) is 0 Å². The topological polar surface area (TPSA) is 75.6 Å². The first kappa shape index (κ1) is 13.9. The van der Waals surface area contributed by atoms with Gasteiger partial charge in [-0.3, -0.25) is 9.36 Å². The number of carbonyl (C=O) groups excluding carboxylic acids is 1. The molecule has 0 radical (unpaired) electrons. The van der Waals surface area contributed by atoms with Crippen LogP contribution < -0.4 is 5.48 Å². The highest BCUT2D eigenvalue weighted by Gasteiger charge is 2.29. The first-order chi connectivity index (χ1) is 7.77. The molecule has 0 aliphatic heterocycles. The molecule has 0 saturated heterocycles. The van der Waals surface area contributed by atoms with E-state index in [0.29, 0.717) is 6.42 Å². The average molecular weight is 257 g/mol. The lowest BCUT2D eigenvalue weighted by Gasteiger charge is -2.23. The zero-order valence-corrected chi connectivity index (χ0v) is 10.7. The quantitative estimate of drug-likeness (QED) is 0.460. The predicted octanol–water partition coefficient (Wildman–Crippen LogP) is 2.28. The van der Waals surface area contributed by atoms with E-state index >= 15 is 0 Å². The van der Waals surface area contributed by atoms with Crippen molar-refractivity contribution in [2.45, 2.75) is 20.3 Å². The van der Waals surface area contributed by atoms with E-state index in [1.807, 2.05) is 25.4 Å². The molecule has 0 heterocycles. The Balaban J connectivity index is 2.70. The van der Waals surface area contributed by atoms with Crippen LogP contribution in [0.2, 0.25) is 0 Å².